The molecule has 2 aromatic rings. The summed E-state index contributed by atoms with van der Waals surface area (Å²) in [4.78, 5) is 21.5. The molecule has 1 aliphatic rings. The van der Waals surface area contributed by atoms with E-state index in [-0.39, 0.29) is 54.1 Å². The lowest BCUT2D eigenvalue weighted by atomic mass is 9.95. The van der Waals surface area contributed by atoms with Gasteiger partial charge in [0, 0.05) is 29.9 Å². The third kappa shape index (κ3) is 4.95. The number of amides is 1. The summed E-state index contributed by atoms with van der Waals surface area (Å²) in [5.41, 5.74) is -1.24. The summed E-state index contributed by atoms with van der Waals surface area (Å²) in [5.74, 6) is -2.42. The summed E-state index contributed by atoms with van der Waals surface area (Å²) < 4.78 is 77.9. The number of nitriles is 1. The summed E-state index contributed by atoms with van der Waals surface area (Å²) in [7, 11) is 0. The number of piperidine rings is 1. The molecule has 0 N–H and O–H groups in total. The first-order valence-electron chi connectivity index (χ1n) is 9.23. The van der Waals surface area contributed by atoms with Gasteiger partial charge in [-0.1, -0.05) is 0 Å². The van der Waals surface area contributed by atoms with Crippen LogP contribution in [-0.2, 0) is 6.18 Å². The number of carbonyl (C=O) groups is 1. The minimum absolute atomic E-state index is 0.0205. The van der Waals surface area contributed by atoms with Crippen molar-refractivity contribution in [3.05, 3.63) is 46.8 Å². The number of likely N-dealkylation sites (tertiary alicyclic amines) is 1. The molecule has 0 radical (unpaired) electrons. The van der Waals surface area contributed by atoms with Gasteiger partial charge in [0.1, 0.15) is 5.69 Å². The fourth-order valence-electron chi connectivity index (χ4n) is 3.39. The maximum atomic E-state index is 13.1. The van der Waals surface area contributed by atoms with Gasteiger partial charge < -0.3 is 4.90 Å². The van der Waals surface area contributed by atoms with E-state index >= 15 is 0 Å². The van der Waals surface area contributed by atoms with Gasteiger partial charge >= 0.3 is 12.4 Å². The van der Waals surface area contributed by atoms with E-state index in [1.165, 1.54) is 30.0 Å². The predicted octanol–water partition coefficient (Wildman–Crippen LogP) is 4.76. The van der Waals surface area contributed by atoms with Crippen LogP contribution in [0.3, 0.4) is 0 Å². The molecule has 3 rings (SSSR count). The molecule has 0 unspecified atom stereocenters. The summed E-state index contributed by atoms with van der Waals surface area (Å²) in [5, 5.41) is 9.33. The average molecular weight is 442 g/mol. The fraction of sp³-hybridized carbons (Fsp3) is 0.400. The third-order valence-electron chi connectivity index (χ3n) is 5.02. The highest BCUT2D eigenvalue weighted by Gasteiger charge is 2.41. The van der Waals surface area contributed by atoms with E-state index in [1.54, 1.807) is 0 Å². The Hall–Kier alpha value is -3.16. The number of benzene rings is 1. The summed E-state index contributed by atoms with van der Waals surface area (Å²) in [6.07, 6.45) is -9.51. The second-order valence-electron chi connectivity index (χ2n) is 7.20. The third-order valence-corrected chi connectivity index (χ3v) is 5.02. The Morgan fingerprint density at radius 2 is 1.74 bits per heavy atom. The Kier molecular flexibility index (Phi) is 5.93. The van der Waals surface area contributed by atoms with Crippen molar-refractivity contribution in [2.24, 2.45) is 5.92 Å². The van der Waals surface area contributed by atoms with Crippen molar-refractivity contribution in [3.63, 3.8) is 0 Å². The van der Waals surface area contributed by atoms with Gasteiger partial charge in [0.25, 0.3) is 5.91 Å². The quantitative estimate of drug-likeness (QED) is 0.629. The van der Waals surface area contributed by atoms with E-state index in [2.05, 4.69) is 9.97 Å². The van der Waals surface area contributed by atoms with Gasteiger partial charge in [0.2, 0.25) is 0 Å². The van der Waals surface area contributed by atoms with Gasteiger partial charge in [-0.05, 0) is 44.0 Å². The van der Waals surface area contributed by atoms with E-state index in [0.29, 0.717) is 0 Å². The lowest BCUT2D eigenvalue weighted by Gasteiger charge is -2.33. The van der Waals surface area contributed by atoms with Gasteiger partial charge in [-0.15, -0.1) is 0 Å². The van der Waals surface area contributed by atoms with Gasteiger partial charge in [-0.3, -0.25) is 4.79 Å². The number of rotatable bonds is 2. The lowest BCUT2D eigenvalue weighted by molar-refractivity contribution is -0.183. The highest BCUT2D eigenvalue weighted by Crippen LogP contribution is 2.35. The maximum absolute atomic E-state index is 13.1. The van der Waals surface area contributed by atoms with Gasteiger partial charge in [0.05, 0.1) is 17.6 Å². The van der Waals surface area contributed by atoms with Gasteiger partial charge in [-0.2, -0.15) is 31.6 Å². The molecule has 164 valence electrons. The average Bonchev–Trinajstić information content (AvgIpc) is 2.71. The van der Waals surface area contributed by atoms with E-state index in [0.717, 1.165) is 6.07 Å². The van der Waals surface area contributed by atoms with Crippen molar-refractivity contribution in [2.75, 3.05) is 13.1 Å². The first-order valence-corrected chi connectivity index (χ1v) is 9.23. The largest absolute Gasteiger partial charge is 0.433 e. The monoisotopic (exact) mass is 442 g/mol. The molecule has 0 saturated carbocycles. The Bertz CT molecular complexity index is 1030. The highest BCUT2D eigenvalue weighted by atomic mass is 19.4. The number of alkyl halides is 6. The number of aryl methyl sites for hydroxylation is 1. The SMILES string of the molecule is Cc1cc(C(F)(F)F)nc(-c2cc(C(=O)N3CCC(C(F)(F)F)CC3)ccc2C#N)n1. The summed E-state index contributed by atoms with van der Waals surface area (Å²) in [6.45, 7) is 1.14. The van der Waals surface area contributed by atoms with Crippen LogP contribution in [0.5, 0.6) is 0 Å². The number of hydrogen-bond acceptors (Lipinski definition) is 4. The molecule has 1 fully saturated rings. The molecule has 0 spiro atoms. The minimum atomic E-state index is -4.73. The molecular formula is C20H16F6N4O. The molecule has 1 amide bonds. The molecule has 0 aliphatic carbocycles. The predicted molar refractivity (Wildman–Crippen MR) is 96.6 cm³/mol. The second kappa shape index (κ2) is 8.17. The molecule has 31 heavy (non-hydrogen) atoms. The topological polar surface area (TPSA) is 69.9 Å². The van der Waals surface area contributed by atoms with Crippen LogP contribution in [0.15, 0.2) is 24.3 Å². The zero-order valence-corrected chi connectivity index (χ0v) is 16.2. The fourth-order valence-corrected chi connectivity index (χ4v) is 3.39. The number of nitrogens with zero attached hydrogens (tertiary/aromatic N) is 4. The van der Waals surface area contributed by atoms with E-state index in [9.17, 15) is 36.4 Å². The van der Waals surface area contributed by atoms with Crippen molar-refractivity contribution in [1.29, 1.82) is 5.26 Å². The Morgan fingerprint density at radius 1 is 1.10 bits per heavy atom. The Labute approximate surface area is 173 Å². The van der Waals surface area contributed by atoms with Crippen LogP contribution in [0.25, 0.3) is 11.4 Å². The highest BCUT2D eigenvalue weighted by molar-refractivity contribution is 5.95. The Morgan fingerprint density at radius 3 is 2.29 bits per heavy atom. The molecular weight excluding hydrogens is 426 g/mol. The smallest absolute Gasteiger partial charge is 0.339 e. The molecule has 1 aromatic heterocycles. The van der Waals surface area contributed by atoms with Crippen LogP contribution < -0.4 is 0 Å². The van der Waals surface area contributed by atoms with Crippen LogP contribution >= 0.6 is 0 Å². The standard InChI is InChI=1S/C20H16F6N4O/c1-11-8-16(20(24,25)26)29-17(28-11)15-9-12(2-3-13(15)10-27)18(31)30-6-4-14(5-7-30)19(21,22)23/h2-3,8-9,14H,4-7H2,1H3. The van der Waals surface area contributed by atoms with Crippen LogP contribution in [0.2, 0.25) is 0 Å². The van der Waals surface area contributed by atoms with Crippen LogP contribution in [-0.4, -0.2) is 40.0 Å². The molecule has 1 saturated heterocycles. The summed E-state index contributed by atoms with van der Waals surface area (Å²) >= 11 is 0. The maximum Gasteiger partial charge on any atom is 0.433 e. The van der Waals surface area contributed by atoms with E-state index in [1.807, 2.05) is 6.07 Å². The molecule has 0 bridgehead atoms. The Balaban J connectivity index is 1.93. The summed E-state index contributed by atoms with van der Waals surface area (Å²) in [6, 6.07) is 6.35. The number of carbonyl (C=O) groups excluding carboxylic acids is 1. The van der Waals surface area contributed by atoms with Crippen molar-refractivity contribution >= 4 is 5.91 Å². The molecule has 2 heterocycles. The molecule has 5 nitrogen and oxygen atoms in total. The molecule has 1 aliphatic heterocycles. The van der Waals surface area contributed by atoms with E-state index in [4.69, 9.17) is 0 Å². The van der Waals surface area contributed by atoms with Crippen LogP contribution in [0.4, 0.5) is 26.3 Å². The number of halogens is 6. The van der Waals surface area contributed by atoms with Crippen molar-refractivity contribution in [1.82, 2.24) is 14.9 Å². The second-order valence-corrected chi connectivity index (χ2v) is 7.20. The molecule has 1 aromatic carbocycles. The minimum Gasteiger partial charge on any atom is -0.339 e. The molecule has 0 atom stereocenters. The lowest BCUT2D eigenvalue weighted by Crippen LogP contribution is -2.42. The van der Waals surface area contributed by atoms with Crippen LogP contribution in [0.1, 0.15) is 40.2 Å². The van der Waals surface area contributed by atoms with Gasteiger partial charge in [0.15, 0.2) is 5.82 Å². The molecule has 11 heteroatoms. The van der Waals surface area contributed by atoms with Crippen molar-refractivity contribution < 1.29 is 31.1 Å². The zero-order valence-electron chi connectivity index (χ0n) is 16.2. The van der Waals surface area contributed by atoms with E-state index < -0.39 is 29.9 Å². The first-order chi connectivity index (χ1) is 14.4. The van der Waals surface area contributed by atoms with Crippen molar-refractivity contribution in [3.8, 4) is 17.5 Å². The first kappa shape index (κ1) is 22.5. The number of aromatic nitrogens is 2. The number of hydrogen-bond donors (Lipinski definition) is 0. The normalized spacial score (nSPS) is 15.6. The van der Waals surface area contributed by atoms with Crippen molar-refractivity contribution in [2.45, 2.75) is 32.1 Å². The van der Waals surface area contributed by atoms with Crippen LogP contribution in [0, 0.1) is 24.2 Å². The van der Waals surface area contributed by atoms with Gasteiger partial charge in [-0.25, -0.2) is 9.97 Å². The zero-order chi connectivity index (χ0) is 23.0.